The summed E-state index contributed by atoms with van der Waals surface area (Å²) in [7, 11) is -4.44. The third-order valence-corrected chi connectivity index (χ3v) is 19.3. The predicted molar refractivity (Wildman–Crippen MR) is 199 cm³/mol. The molecule has 2 N–H and O–H groups in total. The van der Waals surface area contributed by atoms with Gasteiger partial charge in [0.05, 0.1) is 31.3 Å². The van der Waals surface area contributed by atoms with Crippen LogP contribution in [-0.2, 0) is 20.1 Å². The molecule has 0 saturated heterocycles. The van der Waals surface area contributed by atoms with Gasteiger partial charge in [0.2, 0.25) is 5.91 Å². The number of aliphatic hydroxyl groups is 1. The Hall–Kier alpha value is -0.996. The largest absolute Gasteiger partial charge is 0.411 e. The second kappa shape index (κ2) is 20.4. The molecule has 0 aromatic heterocycles. The Bertz CT molecular complexity index is 924. The van der Waals surface area contributed by atoms with E-state index in [1.54, 1.807) is 0 Å². The molecule has 3 atom stereocenters. The molecule has 1 aromatic carbocycles. The lowest BCUT2D eigenvalue weighted by Crippen LogP contribution is -2.60. The normalized spacial score (nSPS) is 15.1. The van der Waals surface area contributed by atoms with E-state index in [4.69, 9.17) is 8.85 Å². The van der Waals surface area contributed by atoms with Crippen LogP contribution in [0.2, 0.25) is 36.3 Å². The Morgan fingerprint density at radius 1 is 0.733 bits per heavy atom. The van der Waals surface area contributed by atoms with Crippen molar-refractivity contribution in [2.45, 2.75) is 193 Å². The van der Waals surface area contributed by atoms with Crippen LogP contribution in [0.25, 0.3) is 0 Å². The van der Waals surface area contributed by atoms with E-state index in [2.05, 4.69) is 80.0 Å². The number of aliphatic hydroxyl groups excluding tert-OH is 1. The SMILES string of the molecule is CCCCCCCCCCCCCC[C@@H](O[Si](C)(C)C(C)(C)C)[C@@H](O[Si](C)(C)C(C)(C)C)[C@H](CO)NC(=O)Cc1ccccc1. The van der Waals surface area contributed by atoms with Gasteiger partial charge in [-0.2, -0.15) is 0 Å². The fourth-order valence-electron chi connectivity index (χ4n) is 5.24. The van der Waals surface area contributed by atoms with Gasteiger partial charge in [0.15, 0.2) is 16.6 Å². The summed E-state index contributed by atoms with van der Waals surface area (Å²) in [6, 6.07) is 9.25. The summed E-state index contributed by atoms with van der Waals surface area (Å²) in [4.78, 5) is 13.3. The van der Waals surface area contributed by atoms with E-state index in [0.29, 0.717) is 0 Å². The Kier molecular flexibility index (Phi) is 19.0. The molecule has 5 nitrogen and oxygen atoms in total. The van der Waals surface area contributed by atoms with Crippen molar-refractivity contribution in [3.63, 3.8) is 0 Å². The van der Waals surface area contributed by atoms with Crippen molar-refractivity contribution in [3.05, 3.63) is 35.9 Å². The molecule has 0 aliphatic heterocycles. The van der Waals surface area contributed by atoms with Gasteiger partial charge in [-0.05, 0) is 48.2 Å². The predicted octanol–water partition coefficient (Wildman–Crippen LogP) is 10.6. The third-order valence-electron chi connectivity index (χ3n) is 10.3. The smallest absolute Gasteiger partial charge is 0.224 e. The number of amides is 1. The lowest BCUT2D eigenvalue weighted by atomic mass is 9.99. The van der Waals surface area contributed by atoms with E-state index in [1.807, 2.05) is 30.3 Å². The molecule has 7 heteroatoms. The summed E-state index contributed by atoms with van der Waals surface area (Å²) in [6.45, 7) is 24.8. The van der Waals surface area contributed by atoms with E-state index < -0.39 is 28.8 Å². The van der Waals surface area contributed by atoms with Crippen LogP contribution in [-0.4, -0.2) is 52.5 Å². The van der Waals surface area contributed by atoms with Crippen LogP contribution in [0.1, 0.15) is 138 Å². The maximum atomic E-state index is 13.3. The van der Waals surface area contributed by atoms with Crippen molar-refractivity contribution in [1.29, 1.82) is 0 Å². The molecule has 0 saturated carbocycles. The second-order valence-electron chi connectivity index (χ2n) is 16.5. The molecule has 0 aliphatic carbocycles. The van der Waals surface area contributed by atoms with Gasteiger partial charge < -0.3 is 19.3 Å². The summed E-state index contributed by atoms with van der Waals surface area (Å²) in [5.41, 5.74) is 0.958. The summed E-state index contributed by atoms with van der Waals surface area (Å²) >= 11 is 0. The molecule has 1 aromatic rings. The van der Waals surface area contributed by atoms with Crippen LogP contribution in [0.3, 0.4) is 0 Å². The summed E-state index contributed by atoms with van der Waals surface area (Å²) in [6.07, 6.45) is 16.2. The van der Waals surface area contributed by atoms with Gasteiger partial charge in [0.1, 0.15) is 0 Å². The molecule has 45 heavy (non-hydrogen) atoms. The first-order valence-electron chi connectivity index (χ1n) is 18.2. The molecule has 1 amide bonds. The average molecular weight is 664 g/mol. The quantitative estimate of drug-likeness (QED) is 0.0903. The van der Waals surface area contributed by atoms with Crippen molar-refractivity contribution in [2.75, 3.05) is 6.61 Å². The maximum absolute atomic E-state index is 13.3. The van der Waals surface area contributed by atoms with Crippen LogP contribution in [0, 0.1) is 0 Å². The van der Waals surface area contributed by atoms with Crippen LogP contribution in [0.5, 0.6) is 0 Å². The highest BCUT2D eigenvalue weighted by Crippen LogP contribution is 2.41. The number of unbranched alkanes of at least 4 members (excludes halogenated alkanes) is 11. The van der Waals surface area contributed by atoms with Gasteiger partial charge in [0.25, 0.3) is 0 Å². The zero-order valence-electron chi connectivity index (χ0n) is 31.4. The Balaban J connectivity index is 3.08. The molecule has 0 radical (unpaired) electrons. The van der Waals surface area contributed by atoms with Crippen LogP contribution >= 0.6 is 0 Å². The molecular formula is C38H73NO4Si2. The highest BCUT2D eigenvalue weighted by atomic mass is 28.4. The van der Waals surface area contributed by atoms with E-state index in [-0.39, 0.29) is 35.1 Å². The van der Waals surface area contributed by atoms with E-state index >= 15 is 0 Å². The van der Waals surface area contributed by atoms with Crippen LogP contribution in [0.4, 0.5) is 0 Å². The minimum atomic E-state index is -2.27. The van der Waals surface area contributed by atoms with Crippen LogP contribution < -0.4 is 5.32 Å². The first kappa shape index (κ1) is 42.0. The Morgan fingerprint density at radius 3 is 1.62 bits per heavy atom. The highest BCUT2D eigenvalue weighted by Gasteiger charge is 2.46. The van der Waals surface area contributed by atoms with Gasteiger partial charge in [-0.1, -0.05) is 156 Å². The fourth-order valence-corrected chi connectivity index (χ4v) is 7.95. The molecule has 262 valence electrons. The first-order valence-corrected chi connectivity index (χ1v) is 24.1. The summed E-state index contributed by atoms with van der Waals surface area (Å²) in [5, 5.41) is 14.0. The van der Waals surface area contributed by atoms with Crippen molar-refractivity contribution in [3.8, 4) is 0 Å². The third kappa shape index (κ3) is 16.1. The number of hydrogen-bond donors (Lipinski definition) is 2. The summed E-state index contributed by atoms with van der Waals surface area (Å²) < 4.78 is 14.3. The molecule has 0 unspecified atom stereocenters. The van der Waals surface area contributed by atoms with Gasteiger partial charge in [-0.3, -0.25) is 4.79 Å². The average Bonchev–Trinajstić information content (AvgIpc) is 2.94. The second-order valence-corrected chi connectivity index (χ2v) is 26.0. The zero-order valence-corrected chi connectivity index (χ0v) is 33.4. The maximum Gasteiger partial charge on any atom is 0.224 e. The molecule has 0 aliphatic rings. The summed E-state index contributed by atoms with van der Waals surface area (Å²) in [5.74, 6) is -0.0967. The minimum Gasteiger partial charge on any atom is -0.411 e. The van der Waals surface area contributed by atoms with E-state index in [0.717, 1.165) is 18.4 Å². The van der Waals surface area contributed by atoms with Gasteiger partial charge in [-0.25, -0.2) is 0 Å². The Labute approximate surface area is 281 Å². The first-order chi connectivity index (χ1) is 20.9. The number of carbonyl (C=O) groups excluding carboxylic acids is 1. The number of benzene rings is 1. The van der Waals surface area contributed by atoms with Gasteiger partial charge >= 0.3 is 0 Å². The zero-order chi connectivity index (χ0) is 34.2. The van der Waals surface area contributed by atoms with Crippen molar-refractivity contribution in [1.82, 2.24) is 5.32 Å². The Morgan fingerprint density at radius 2 is 1.18 bits per heavy atom. The van der Waals surface area contributed by atoms with Crippen LogP contribution in [0.15, 0.2) is 30.3 Å². The van der Waals surface area contributed by atoms with Crippen molar-refractivity contribution < 1.29 is 18.8 Å². The monoisotopic (exact) mass is 664 g/mol. The standard InChI is InChI=1S/C38H73NO4Si2/c1-12-13-14-15-16-17-18-19-20-21-22-26-29-34(42-44(8,9)37(2,3)4)36(43-45(10,11)38(5,6)7)33(31-40)39-35(41)30-32-27-24-23-25-28-32/h23-25,27-28,33-34,36,40H,12-22,26,29-31H2,1-11H3,(H,39,41)/t33-,34+,36-/m0/s1. The highest BCUT2D eigenvalue weighted by molar-refractivity contribution is 6.74. The minimum absolute atomic E-state index is 0.0170. The number of hydrogen-bond acceptors (Lipinski definition) is 4. The topological polar surface area (TPSA) is 67.8 Å². The van der Waals surface area contributed by atoms with Gasteiger partial charge in [-0.15, -0.1) is 0 Å². The number of carbonyl (C=O) groups is 1. The number of rotatable bonds is 23. The molecular weight excluding hydrogens is 591 g/mol. The molecule has 1 rings (SSSR count). The fraction of sp³-hybridized carbons (Fsp3) is 0.816. The van der Waals surface area contributed by atoms with Gasteiger partial charge in [0, 0.05) is 0 Å². The molecule has 0 fully saturated rings. The van der Waals surface area contributed by atoms with Crippen molar-refractivity contribution in [2.24, 2.45) is 0 Å². The lowest BCUT2D eigenvalue weighted by molar-refractivity contribution is -0.123. The van der Waals surface area contributed by atoms with E-state index in [1.165, 1.54) is 70.6 Å². The molecule has 0 bridgehead atoms. The lowest BCUT2D eigenvalue weighted by Gasteiger charge is -2.47. The molecule has 0 spiro atoms. The molecule has 0 heterocycles. The van der Waals surface area contributed by atoms with Crippen molar-refractivity contribution >= 4 is 22.5 Å². The number of nitrogens with one attached hydrogen (secondary N) is 1. The van der Waals surface area contributed by atoms with E-state index in [9.17, 15) is 9.90 Å².